The standard InChI is InChI=1S/C30H28ClF2N5O3/c1-5-22(40)36-11-13-37(14-12-36)28-18-15-20(33)26(23-19(32)7-6-8-21(23)39)35-29(18)38(30(41)24(28)31)27-17(4)9-10-34-25(27)16(2)3/h5-10,15-16,39H,1,11-14H2,2-4H3. The fraction of sp³-hybridized carbons (Fsp3) is 0.267. The number of halogens is 3. The van der Waals surface area contributed by atoms with Gasteiger partial charge in [0.05, 0.1) is 22.6 Å². The molecular formula is C30H28ClF2N5O3. The fourth-order valence-electron chi connectivity index (χ4n) is 5.24. The van der Waals surface area contributed by atoms with Crippen LogP contribution in [0.15, 0.2) is 54.0 Å². The molecule has 212 valence electrons. The number of rotatable bonds is 5. The van der Waals surface area contributed by atoms with Crippen molar-refractivity contribution in [2.75, 3.05) is 31.1 Å². The maximum Gasteiger partial charge on any atom is 0.277 e. The number of carbonyl (C=O) groups excluding carboxylic acids is 1. The number of aryl methyl sites for hydroxylation is 1. The van der Waals surface area contributed by atoms with E-state index in [1.165, 1.54) is 22.8 Å². The van der Waals surface area contributed by atoms with Crippen LogP contribution in [0.25, 0.3) is 28.0 Å². The van der Waals surface area contributed by atoms with Gasteiger partial charge < -0.3 is 14.9 Å². The van der Waals surface area contributed by atoms with Gasteiger partial charge in [-0.1, -0.05) is 38.1 Å². The summed E-state index contributed by atoms with van der Waals surface area (Å²) < 4.78 is 32.0. The zero-order valence-corrected chi connectivity index (χ0v) is 23.5. The van der Waals surface area contributed by atoms with Crippen LogP contribution >= 0.6 is 11.6 Å². The van der Waals surface area contributed by atoms with Gasteiger partial charge in [0.25, 0.3) is 5.56 Å². The minimum Gasteiger partial charge on any atom is -0.507 e. The summed E-state index contributed by atoms with van der Waals surface area (Å²) in [6.07, 6.45) is 2.87. The maximum absolute atomic E-state index is 15.8. The number of nitrogens with zero attached hydrogens (tertiary/aromatic N) is 5. The Balaban J connectivity index is 1.86. The molecule has 1 aromatic carbocycles. The third-order valence-electron chi connectivity index (χ3n) is 7.26. The largest absolute Gasteiger partial charge is 0.507 e. The lowest BCUT2D eigenvalue weighted by Crippen LogP contribution is -2.48. The Labute approximate surface area is 240 Å². The number of fused-ring (bicyclic) bond motifs is 1. The quantitative estimate of drug-likeness (QED) is 0.321. The molecule has 5 rings (SSSR count). The third kappa shape index (κ3) is 4.82. The summed E-state index contributed by atoms with van der Waals surface area (Å²) in [7, 11) is 0. The number of benzene rings is 1. The molecule has 1 saturated heterocycles. The first-order valence-electron chi connectivity index (χ1n) is 13.1. The number of phenols is 1. The number of piperazine rings is 1. The van der Waals surface area contributed by atoms with Crippen molar-refractivity contribution in [3.8, 4) is 22.7 Å². The first-order valence-corrected chi connectivity index (χ1v) is 13.5. The molecule has 4 heterocycles. The Bertz CT molecular complexity index is 1740. The topological polar surface area (TPSA) is 91.6 Å². The predicted octanol–water partition coefficient (Wildman–Crippen LogP) is 5.35. The number of aromatic nitrogens is 3. The average Bonchev–Trinajstić information content (AvgIpc) is 2.94. The third-order valence-corrected chi connectivity index (χ3v) is 7.60. The molecule has 0 unspecified atom stereocenters. The van der Waals surface area contributed by atoms with Crippen molar-refractivity contribution in [2.24, 2.45) is 0 Å². The van der Waals surface area contributed by atoms with Crippen LogP contribution in [0.1, 0.15) is 31.0 Å². The van der Waals surface area contributed by atoms with Gasteiger partial charge in [-0.05, 0) is 48.7 Å². The molecule has 8 nitrogen and oxygen atoms in total. The highest BCUT2D eigenvalue weighted by Gasteiger charge is 2.29. The van der Waals surface area contributed by atoms with Crippen molar-refractivity contribution in [3.05, 3.63) is 87.5 Å². The van der Waals surface area contributed by atoms with Crippen LogP contribution in [-0.2, 0) is 4.79 Å². The van der Waals surface area contributed by atoms with Crippen LogP contribution in [0.3, 0.4) is 0 Å². The molecule has 11 heteroatoms. The van der Waals surface area contributed by atoms with Gasteiger partial charge in [0.15, 0.2) is 11.5 Å². The number of aromatic hydroxyl groups is 1. The van der Waals surface area contributed by atoms with Crippen molar-refractivity contribution >= 4 is 34.2 Å². The Hall–Kier alpha value is -4.31. The van der Waals surface area contributed by atoms with E-state index in [9.17, 15) is 19.1 Å². The second kappa shape index (κ2) is 10.9. The van der Waals surface area contributed by atoms with Crippen LogP contribution in [0.2, 0.25) is 5.02 Å². The Morgan fingerprint density at radius 1 is 1.12 bits per heavy atom. The van der Waals surface area contributed by atoms with E-state index in [0.29, 0.717) is 43.1 Å². The predicted molar refractivity (Wildman–Crippen MR) is 155 cm³/mol. The van der Waals surface area contributed by atoms with E-state index in [1.54, 1.807) is 17.2 Å². The molecule has 0 bridgehead atoms. The van der Waals surface area contributed by atoms with Crippen LogP contribution in [0.5, 0.6) is 5.75 Å². The van der Waals surface area contributed by atoms with Gasteiger partial charge in [-0.25, -0.2) is 13.8 Å². The van der Waals surface area contributed by atoms with Gasteiger partial charge in [-0.2, -0.15) is 0 Å². The van der Waals surface area contributed by atoms with Crippen molar-refractivity contribution in [1.29, 1.82) is 0 Å². The molecule has 1 fully saturated rings. The SMILES string of the molecule is C=CC(=O)N1CCN(c2c(Cl)c(=O)n(-c3c(C)ccnc3C(C)C)c3nc(-c4c(O)cccc4F)c(F)cc23)CC1. The summed E-state index contributed by atoms with van der Waals surface area (Å²) >= 11 is 6.79. The van der Waals surface area contributed by atoms with Crippen LogP contribution in [0, 0.1) is 18.6 Å². The minimum absolute atomic E-state index is 0.0241. The van der Waals surface area contributed by atoms with E-state index in [2.05, 4.69) is 16.5 Å². The van der Waals surface area contributed by atoms with Gasteiger partial charge in [0, 0.05) is 37.8 Å². The van der Waals surface area contributed by atoms with Crippen LogP contribution < -0.4 is 10.5 Å². The smallest absolute Gasteiger partial charge is 0.277 e. The Morgan fingerprint density at radius 2 is 1.83 bits per heavy atom. The summed E-state index contributed by atoms with van der Waals surface area (Å²) in [5, 5.41) is 10.5. The lowest BCUT2D eigenvalue weighted by atomic mass is 10.0. The molecule has 4 aromatic rings. The minimum atomic E-state index is -0.909. The summed E-state index contributed by atoms with van der Waals surface area (Å²) in [4.78, 5) is 38.7. The molecule has 41 heavy (non-hydrogen) atoms. The van der Waals surface area contributed by atoms with Gasteiger partial charge in [0.2, 0.25) is 5.91 Å². The number of hydrogen-bond acceptors (Lipinski definition) is 6. The van der Waals surface area contributed by atoms with Crippen LogP contribution in [-0.4, -0.2) is 56.6 Å². The Kier molecular flexibility index (Phi) is 7.52. The number of pyridine rings is 3. The molecule has 0 saturated carbocycles. The first kappa shape index (κ1) is 28.2. The zero-order chi connectivity index (χ0) is 29.6. The molecule has 0 aliphatic carbocycles. The molecule has 0 radical (unpaired) electrons. The molecule has 0 atom stereocenters. The number of amides is 1. The average molecular weight is 580 g/mol. The fourth-order valence-corrected chi connectivity index (χ4v) is 5.55. The summed E-state index contributed by atoms with van der Waals surface area (Å²) in [6.45, 7) is 10.5. The Morgan fingerprint density at radius 3 is 2.46 bits per heavy atom. The second-order valence-corrected chi connectivity index (χ2v) is 10.5. The monoisotopic (exact) mass is 579 g/mol. The number of anilines is 1. The number of hydrogen-bond donors (Lipinski definition) is 1. The molecule has 1 aliphatic heterocycles. The molecule has 0 spiro atoms. The molecule has 1 aliphatic rings. The van der Waals surface area contributed by atoms with Crippen molar-refractivity contribution in [1.82, 2.24) is 19.4 Å². The van der Waals surface area contributed by atoms with Crippen molar-refractivity contribution in [2.45, 2.75) is 26.7 Å². The van der Waals surface area contributed by atoms with Gasteiger partial charge >= 0.3 is 0 Å². The zero-order valence-electron chi connectivity index (χ0n) is 22.8. The highest BCUT2D eigenvalue weighted by atomic mass is 35.5. The number of phenolic OH excluding ortho intramolecular Hbond substituents is 1. The molecular weight excluding hydrogens is 552 g/mol. The van der Waals surface area contributed by atoms with E-state index in [1.807, 2.05) is 25.7 Å². The summed E-state index contributed by atoms with van der Waals surface area (Å²) in [5.74, 6) is -2.60. The highest BCUT2D eigenvalue weighted by molar-refractivity contribution is 6.34. The normalized spacial score (nSPS) is 13.7. The second-order valence-electron chi connectivity index (χ2n) is 10.2. The van der Waals surface area contributed by atoms with Crippen LogP contribution in [0.4, 0.5) is 14.5 Å². The van der Waals surface area contributed by atoms with Gasteiger partial charge in [-0.3, -0.25) is 19.1 Å². The van der Waals surface area contributed by atoms with Gasteiger partial charge in [-0.15, -0.1) is 0 Å². The molecule has 1 amide bonds. The highest BCUT2D eigenvalue weighted by Crippen LogP contribution is 2.39. The van der Waals surface area contributed by atoms with E-state index in [0.717, 1.165) is 12.1 Å². The molecule has 3 aromatic heterocycles. The lowest BCUT2D eigenvalue weighted by molar-refractivity contribution is -0.126. The van der Waals surface area contributed by atoms with E-state index in [4.69, 9.17) is 11.6 Å². The van der Waals surface area contributed by atoms with E-state index in [-0.39, 0.29) is 33.6 Å². The summed E-state index contributed by atoms with van der Waals surface area (Å²) in [6, 6.07) is 6.52. The number of carbonyl (C=O) groups is 1. The maximum atomic E-state index is 15.8. The lowest BCUT2D eigenvalue weighted by Gasteiger charge is -2.36. The van der Waals surface area contributed by atoms with Gasteiger partial charge in [0.1, 0.15) is 22.3 Å². The van der Waals surface area contributed by atoms with E-state index < -0.39 is 34.2 Å². The van der Waals surface area contributed by atoms with Crippen molar-refractivity contribution in [3.63, 3.8) is 0 Å². The summed E-state index contributed by atoms with van der Waals surface area (Å²) in [5.41, 5.74) is 0.529. The van der Waals surface area contributed by atoms with Crippen molar-refractivity contribution < 1.29 is 18.7 Å². The molecule has 1 N–H and O–H groups in total. The van der Waals surface area contributed by atoms with E-state index >= 15 is 4.39 Å². The first-order chi connectivity index (χ1) is 19.5.